The van der Waals surface area contributed by atoms with Gasteiger partial charge >= 0.3 is 0 Å². The van der Waals surface area contributed by atoms with Crippen LogP contribution in [0, 0.1) is 0 Å². The molecule has 0 aromatic heterocycles. The molecule has 0 fully saturated rings. The largest absolute Gasteiger partial charge is 0.496 e. The fraction of sp³-hybridized carbons (Fsp3) is 0.333. The van der Waals surface area contributed by atoms with E-state index in [9.17, 15) is 9.59 Å². The molecule has 0 unspecified atom stereocenters. The molecule has 0 spiro atoms. The molecular weight excluding hydrogens is 236 g/mol. The molecule has 1 rings (SSSR count). The van der Waals surface area contributed by atoms with Crippen molar-refractivity contribution in [3.8, 4) is 5.75 Å². The molecule has 0 radical (unpaired) electrons. The van der Waals surface area contributed by atoms with Crippen molar-refractivity contribution < 1.29 is 19.4 Å². The van der Waals surface area contributed by atoms with Gasteiger partial charge in [-0.05, 0) is 18.2 Å². The van der Waals surface area contributed by atoms with Crippen molar-refractivity contribution in [2.45, 2.75) is 6.92 Å². The molecule has 0 bridgehead atoms. The van der Waals surface area contributed by atoms with Gasteiger partial charge in [-0.2, -0.15) is 0 Å². The summed E-state index contributed by atoms with van der Waals surface area (Å²) in [5.74, 6) is -0.186. The van der Waals surface area contributed by atoms with Crippen LogP contribution in [-0.4, -0.2) is 37.2 Å². The maximum absolute atomic E-state index is 11.8. The number of hydrogen-bond donors (Lipinski definition) is 3. The van der Waals surface area contributed by atoms with Crippen molar-refractivity contribution in [2.75, 3.05) is 25.6 Å². The second kappa shape index (κ2) is 6.61. The third kappa shape index (κ3) is 3.74. The van der Waals surface area contributed by atoms with E-state index in [-0.39, 0.29) is 25.0 Å². The number of carbonyl (C=O) groups is 2. The Bertz CT molecular complexity index is 446. The summed E-state index contributed by atoms with van der Waals surface area (Å²) in [7, 11) is 1.45. The van der Waals surface area contributed by atoms with Crippen LogP contribution in [-0.2, 0) is 4.79 Å². The predicted octanol–water partition coefficient (Wildman–Crippen LogP) is 0.376. The molecule has 1 aromatic rings. The second-order valence-electron chi connectivity index (χ2n) is 3.58. The quantitative estimate of drug-likeness (QED) is 0.706. The van der Waals surface area contributed by atoms with Crippen LogP contribution >= 0.6 is 0 Å². The molecule has 0 atom stereocenters. The Kier molecular flexibility index (Phi) is 5.13. The Morgan fingerprint density at radius 2 is 2.11 bits per heavy atom. The normalized spacial score (nSPS) is 9.72. The lowest BCUT2D eigenvalue weighted by Crippen LogP contribution is -2.26. The minimum Gasteiger partial charge on any atom is -0.496 e. The van der Waals surface area contributed by atoms with Gasteiger partial charge in [0.15, 0.2) is 0 Å². The Labute approximate surface area is 105 Å². The number of aliphatic hydroxyl groups is 1. The summed E-state index contributed by atoms with van der Waals surface area (Å²) in [6.07, 6.45) is 0. The van der Waals surface area contributed by atoms with Crippen molar-refractivity contribution in [2.24, 2.45) is 0 Å². The summed E-state index contributed by atoms with van der Waals surface area (Å²) in [6.45, 7) is 1.40. The molecule has 2 amide bonds. The zero-order chi connectivity index (χ0) is 13.5. The van der Waals surface area contributed by atoms with Gasteiger partial charge in [0.2, 0.25) is 5.91 Å². The molecule has 98 valence electrons. The van der Waals surface area contributed by atoms with Gasteiger partial charge in [-0.15, -0.1) is 0 Å². The molecule has 6 nitrogen and oxygen atoms in total. The Morgan fingerprint density at radius 1 is 1.39 bits per heavy atom. The Morgan fingerprint density at radius 3 is 2.67 bits per heavy atom. The van der Waals surface area contributed by atoms with E-state index >= 15 is 0 Å². The van der Waals surface area contributed by atoms with Crippen molar-refractivity contribution in [1.29, 1.82) is 0 Å². The van der Waals surface area contributed by atoms with Crippen LogP contribution in [0.5, 0.6) is 5.75 Å². The number of amides is 2. The first-order valence-electron chi connectivity index (χ1n) is 5.43. The van der Waals surface area contributed by atoms with Gasteiger partial charge < -0.3 is 20.5 Å². The number of aliphatic hydroxyl groups excluding tert-OH is 1. The van der Waals surface area contributed by atoms with Crippen molar-refractivity contribution in [3.05, 3.63) is 23.8 Å². The van der Waals surface area contributed by atoms with E-state index in [4.69, 9.17) is 9.84 Å². The maximum atomic E-state index is 11.8. The minimum absolute atomic E-state index is 0.139. The van der Waals surface area contributed by atoms with Gasteiger partial charge in [0.05, 0.1) is 19.3 Å². The predicted molar refractivity (Wildman–Crippen MR) is 66.7 cm³/mol. The topological polar surface area (TPSA) is 87.7 Å². The number of benzene rings is 1. The second-order valence-corrected chi connectivity index (χ2v) is 3.58. The zero-order valence-corrected chi connectivity index (χ0v) is 10.3. The van der Waals surface area contributed by atoms with Gasteiger partial charge in [0, 0.05) is 19.2 Å². The summed E-state index contributed by atoms with van der Waals surface area (Å²) in [5, 5.41) is 13.8. The van der Waals surface area contributed by atoms with Gasteiger partial charge in [-0.3, -0.25) is 9.59 Å². The van der Waals surface area contributed by atoms with E-state index in [1.807, 2.05) is 0 Å². The molecule has 3 N–H and O–H groups in total. The van der Waals surface area contributed by atoms with E-state index in [0.717, 1.165) is 0 Å². The zero-order valence-electron chi connectivity index (χ0n) is 10.3. The molecule has 0 saturated carbocycles. The SMILES string of the molecule is COc1ccc(NC(C)=O)cc1C(=O)NCCO. The van der Waals surface area contributed by atoms with Crippen LogP contribution in [0.4, 0.5) is 5.69 Å². The van der Waals surface area contributed by atoms with Crippen LogP contribution in [0.25, 0.3) is 0 Å². The number of ether oxygens (including phenoxy) is 1. The van der Waals surface area contributed by atoms with E-state index in [1.54, 1.807) is 12.1 Å². The monoisotopic (exact) mass is 252 g/mol. The highest BCUT2D eigenvalue weighted by atomic mass is 16.5. The number of carbonyl (C=O) groups excluding carboxylic acids is 2. The van der Waals surface area contributed by atoms with Gasteiger partial charge in [-0.1, -0.05) is 0 Å². The van der Waals surface area contributed by atoms with Crippen LogP contribution < -0.4 is 15.4 Å². The van der Waals surface area contributed by atoms with Crippen molar-refractivity contribution >= 4 is 17.5 Å². The molecule has 0 aliphatic rings. The lowest BCUT2D eigenvalue weighted by molar-refractivity contribution is -0.114. The van der Waals surface area contributed by atoms with Crippen molar-refractivity contribution in [3.63, 3.8) is 0 Å². The molecule has 0 aliphatic heterocycles. The molecule has 1 aromatic carbocycles. The molecular formula is C12H16N2O4. The van der Waals surface area contributed by atoms with E-state index in [0.29, 0.717) is 17.0 Å². The summed E-state index contributed by atoms with van der Waals surface area (Å²) in [6, 6.07) is 4.76. The third-order valence-corrected chi connectivity index (χ3v) is 2.16. The van der Waals surface area contributed by atoms with Crippen LogP contribution in [0.2, 0.25) is 0 Å². The number of methoxy groups -OCH3 is 1. The number of nitrogens with one attached hydrogen (secondary N) is 2. The number of rotatable bonds is 5. The average molecular weight is 252 g/mol. The summed E-state index contributed by atoms with van der Waals surface area (Å²) in [4.78, 5) is 22.8. The Hall–Kier alpha value is -2.08. The van der Waals surface area contributed by atoms with Crippen LogP contribution in [0.3, 0.4) is 0 Å². The summed E-state index contributed by atoms with van der Waals surface area (Å²) in [5.41, 5.74) is 0.814. The summed E-state index contributed by atoms with van der Waals surface area (Å²) >= 11 is 0. The number of anilines is 1. The molecule has 18 heavy (non-hydrogen) atoms. The van der Waals surface area contributed by atoms with Crippen LogP contribution in [0.1, 0.15) is 17.3 Å². The fourth-order valence-electron chi connectivity index (χ4n) is 1.43. The first-order valence-corrected chi connectivity index (χ1v) is 5.43. The highest BCUT2D eigenvalue weighted by Crippen LogP contribution is 2.22. The maximum Gasteiger partial charge on any atom is 0.255 e. The van der Waals surface area contributed by atoms with E-state index in [1.165, 1.54) is 20.1 Å². The lowest BCUT2D eigenvalue weighted by Gasteiger charge is -2.11. The highest BCUT2D eigenvalue weighted by Gasteiger charge is 2.12. The standard InChI is InChI=1S/C12H16N2O4/c1-8(16)14-9-3-4-11(18-2)10(7-9)12(17)13-5-6-15/h3-4,7,15H,5-6H2,1-2H3,(H,13,17)(H,14,16). The smallest absolute Gasteiger partial charge is 0.255 e. The average Bonchev–Trinajstić information content (AvgIpc) is 2.35. The van der Waals surface area contributed by atoms with Gasteiger partial charge in [-0.25, -0.2) is 0 Å². The van der Waals surface area contributed by atoms with E-state index < -0.39 is 0 Å². The molecule has 0 aliphatic carbocycles. The first kappa shape index (κ1) is 14.0. The fourth-order valence-corrected chi connectivity index (χ4v) is 1.43. The number of hydrogen-bond acceptors (Lipinski definition) is 4. The Balaban J connectivity index is 2.97. The van der Waals surface area contributed by atoms with Gasteiger partial charge in [0.25, 0.3) is 5.91 Å². The highest BCUT2D eigenvalue weighted by molar-refractivity contribution is 5.99. The molecule has 0 saturated heterocycles. The molecule has 6 heteroatoms. The van der Waals surface area contributed by atoms with E-state index in [2.05, 4.69) is 10.6 Å². The van der Waals surface area contributed by atoms with Crippen LogP contribution in [0.15, 0.2) is 18.2 Å². The summed E-state index contributed by atoms with van der Waals surface area (Å²) < 4.78 is 5.07. The third-order valence-electron chi connectivity index (χ3n) is 2.16. The molecule has 0 heterocycles. The van der Waals surface area contributed by atoms with Gasteiger partial charge in [0.1, 0.15) is 5.75 Å². The first-order chi connectivity index (χ1) is 8.58. The van der Waals surface area contributed by atoms with Crippen molar-refractivity contribution in [1.82, 2.24) is 5.32 Å². The lowest BCUT2D eigenvalue weighted by atomic mass is 10.1. The minimum atomic E-state index is -0.367.